The molecule has 0 aliphatic rings. The fraction of sp³-hybridized carbons (Fsp3) is 0.286. The minimum atomic E-state index is -0.0958. The lowest BCUT2D eigenvalue weighted by molar-refractivity contribution is 1.01. The topological polar surface area (TPSA) is 116 Å². The normalized spacial score (nSPS) is 11.4. The van der Waals surface area contributed by atoms with Gasteiger partial charge in [-0.25, -0.2) is 9.98 Å². The molecule has 0 spiro atoms. The third-order valence-corrected chi connectivity index (χ3v) is 2.24. The zero-order valence-corrected chi connectivity index (χ0v) is 8.58. The van der Waals surface area contributed by atoms with Crippen molar-refractivity contribution in [3.8, 4) is 0 Å². The second-order valence-electron chi connectivity index (χ2n) is 2.59. The monoisotopic (exact) mass is 212 g/mol. The molecule has 14 heavy (non-hydrogen) atoms. The predicted molar refractivity (Wildman–Crippen MR) is 58.0 cm³/mol. The van der Waals surface area contributed by atoms with Crippen LogP contribution in [0.3, 0.4) is 0 Å². The molecule has 0 aromatic carbocycles. The van der Waals surface area contributed by atoms with Gasteiger partial charge in [0.05, 0.1) is 6.54 Å². The second-order valence-corrected chi connectivity index (χ2v) is 3.54. The molecule has 0 amide bonds. The number of nitrogens with two attached hydrogens (primary N) is 3. The molecule has 1 aromatic rings. The zero-order valence-electron chi connectivity index (χ0n) is 7.77. The Kier molecular flexibility index (Phi) is 3.41. The Balaban J connectivity index is 2.59. The SMILES string of the molecule is Cc1csc(CN=C(N)N=C(N)N)n1. The van der Waals surface area contributed by atoms with Gasteiger partial charge in [-0.1, -0.05) is 0 Å². The molecular formula is C7H12N6S. The second kappa shape index (κ2) is 4.56. The van der Waals surface area contributed by atoms with Gasteiger partial charge in [0.25, 0.3) is 0 Å². The molecule has 1 heterocycles. The fourth-order valence-electron chi connectivity index (χ4n) is 0.792. The molecule has 7 heteroatoms. The number of rotatable bonds is 2. The third-order valence-electron chi connectivity index (χ3n) is 1.29. The summed E-state index contributed by atoms with van der Waals surface area (Å²) in [5.74, 6) is -0.0283. The average molecular weight is 212 g/mol. The maximum Gasteiger partial charge on any atom is 0.218 e. The molecule has 0 saturated heterocycles. The van der Waals surface area contributed by atoms with E-state index in [2.05, 4.69) is 15.0 Å². The smallest absolute Gasteiger partial charge is 0.218 e. The lowest BCUT2D eigenvalue weighted by Crippen LogP contribution is -2.26. The summed E-state index contributed by atoms with van der Waals surface area (Å²) in [6.07, 6.45) is 0. The minimum absolute atomic E-state index is 0.0675. The van der Waals surface area contributed by atoms with E-state index in [-0.39, 0.29) is 11.9 Å². The molecule has 76 valence electrons. The van der Waals surface area contributed by atoms with Crippen LogP contribution >= 0.6 is 11.3 Å². The summed E-state index contributed by atoms with van der Waals surface area (Å²) < 4.78 is 0. The van der Waals surface area contributed by atoms with E-state index in [9.17, 15) is 0 Å². The summed E-state index contributed by atoms with van der Waals surface area (Å²) in [6, 6.07) is 0. The fourth-order valence-corrected chi connectivity index (χ4v) is 1.49. The van der Waals surface area contributed by atoms with E-state index in [1.807, 2.05) is 12.3 Å². The van der Waals surface area contributed by atoms with Crippen molar-refractivity contribution in [1.29, 1.82) is 0 Å². The van der Waals surface area contributed by atoms with E-state index in [0.717, 1.165) is 10.7 Å². The van der Waals surface area contributed by atoms with Crippen molar-refractivity contribution in [3.05, 3.63) is 16.1 Å². The number of nitrogens with zero attached hydrogens (tertiary/aromatic N) is 3. The molecule has 0 saturated carbocycles. The van der Waals surface area contributed by atoms with Crippen molar-refractivity contribution < 1.29 is 0 Å². The van der Waals surface area contributed by atoms with Gasteiger partial charge < -0.3 is 17.2 Å². The van der Waals surface area contributed by atoms with Gasteiger partial charge in [-0.05, 0) is 6.92 Å². The van der Waals surface area contributed by atoms with E-state index < -0.39 is 0 Å². The van der Waals surface area contributed by atoms with Crippen molar-refractivity contribution in [1.82, 2.24) is 4.98 Å². The molecule has 0 bridgehead atoms. The van der Waals surface area contributed by atoms with Crippen LogP contribution < -0.4 is 17.2 Å². The standard InChI is InChI=1S/C7H12N6S/c1-4-3-14-5(12-4)2-11-7(10)13-6(8)9/h3H,2H2,1H3,(H6,8,9,10,11,13). The molecule has 0 radical (unpaired) electrons. The highest BCUT2D eigenvalue weighted by Gasteiger charge is 1.97. The zero-order chi connectivity index (χ0) is 10.6. The van der Waals surface area contributed by atoms with Gasteiger partial charge in [-0.3, -0.25) is 0 Å². The molecule has 1 rings (SSSR count). The molecule has 6 N–H and O–H groups in total. The van der Waals surface area contributed by atoms with Crippen LogP contribution in [0.1, 0.15) is 10.7 Å². The number of thiazole rings is 1. The Bertz CT molecular complexity index is 362. The minimum Gasteiger partial charge on any atom is -0.370 e. The molecule has 0 atom stereocenters. The van der Waals surface area contributed by atoms with Crippen molar-refractivity contribution in [2.45, 2.75) is 13.5 Å². The number of aryl methyl sites for hydroxylation is 1. The first kappa shape index (κ1) is 10.5. The first-order valence-corrected chi connectivity index (χ1v) is 4.76. The van der Waals surface area contributed by atoms with Gasteiger partial charge >= 0.3 is 0 Å². The lowest BCUT2D eigenvalue weighted by atomic mass is 10.6. The van der Waals surface area contributed by atoms with Crippen LogP contribution in [0.15, 0.2) is 15.4 Å². The largest absolute Gasteiger partial charge is 0.370 e. The Morgan fingerprint density at radius 1 is 1.50 bits per heavy atom. The predicted octanol–water partition coefficient (Wildman–Crippen LogP) is -0.460. The molecule has 0 fully saturated rings. The summed E-state index contributed by atoms with van der Waals surface area (Å²) in [5, 5.41) is 2.83. The Morgan fingerprint density at radius 2 is 2.21 bits per heavy atom. The highest BCUT2D eigenvalue weighted by molar-refractivity contribution is 7.09. The van der Waals surface area contributed by atoms with Crippen LogP contribution in [0.4, 0.5) is 0 Å². The van der Waals surface area contributed by atoms with Crippen LogP contribution in [0.2, 0.25) is 0 Å². The first-order valence-electron chi connectivity index (χ1n) is 3.88. The Hall–Kier alpha value is -1.63. The Labute approximate surface area is 85.6 Å². The Morgan fingerprint density at radius 3 is 2.71 bits per heavy atom. The van der Waals surface area contributed by atoms with Crippen molar-refractivity contribution in [2.75, 3.05) is 0 Å². The summed E-state index contributed by atoms with van der Waals surface area (Å²) in [6.45, 7) is 2.32. The van der Waals surface area contributed by atoms with E-state index in [1.54, 1.807) is 0 Å². The van der Waals surface area contributed by atoms with Crippen LogP contribution in [-0.4, -0.2) is 16.9 Å². The molecule has 0 unspecified atom stereocenters. The lowest BCUT2D eigenvalue weighted by Gasteiger charge is -1.92. The van der Waals surface area contributed by atoms with Gasteiger partial charge in [0, 0.05) is 11.1 Å². The highest BCUT2D eigenvalue weighted by Crippen LogP contribution is 2.09. The molecule has 0 aliphatic heterocycles. The van der Waals surface area contributed by atoms with Crippen molar-refractivity contribution in [3.63, 3.8) is 0 Å². The van der Waals surface area contributed by atoms with E-state index >= 15 is 0 Å². The number of hydrogen-bond acceptors (Lipinski definition) is 3. The quantitative estimate of drug-likeness (QED) is 0.454. The molecule has 0 aliphatic carbocycles. The van der Waals surface area contributed by atoms with Crippen LogP contribution in [0, 0.1) is 6.92 Å². The summed E-state index contributed by atoms with van der Waals surface area (Å²) in [4.78, 5) is 11.7. The molecule has 1 aromatic heterocycles. The number of guanidine groups is 2. The summed E-state index contributed by atoms with van der Waals surface area (Å²) in [7, 11) is 0. The van der Waals surface area contributed by atoms with Gasteiger partial charge in [-0.15, -0.1) is 11.3 Å². The van der Waals surface area contributed by atoms with Gasteiger partial charge in [-0.2, -0.15) is 4.99 Å². The van der Waals surface area contributed by atoms with Crippen molar-refractivity contribution >= 4 is 23.3 Å². The first-order chi connectivity index (χ1) is 6.58. The van der Waals surface area contributed by atoms with Crippen LogP contribution in [0.25, 0.3) is 0 Å². The van der Waals surface area contributed by atoms with Gasteiger partial charge in [0.2, 0.25) is 5.96 Å². The van der Waals surface area contributed by atoms with E-state index in [1.165, 1.54) is 11.3 Å². The average Bonchev–Trinajstić information content (AvgIpc) is 2.47. The number of hydrogen-bond donors (Lipinski definition) is 3. The van der Waals surface area contributed by atoms with Crippen LogP contribution in [0.5, 0.6) is 0 Å². The van der Waals surface area contributed by atoms with Gasteiger partial charge in [0.1, 0.15) is 5.01 Å². The number of aromatic nitrogens is 1. The number of aliphatic imine (C=N–C) groups is 2. The molecule has 6 nitrogen and oxygen atoms in total. The van der Waals surface area contributed by atoms with Crippen LogP contribution in [-0.2, 0) is 6.54 Å². The molecular weight excluding hydrogens is 200 g/mol. The highest BCUT2D eigenvalue weighted by atomic mass is 32.1. The van der Waals surface area contributed by atoms with Crippen molar-refractivity contribution in [2.24, 2.45) is 27.2 Å². The van der Waals surface area contributed by atoms with Gasteiger partial charge in [0.15, 0.2) is 5.96 Å². The van der Waals surface area contributed by atoms with E-state index in [0.29, 0.717) is 6.54 Å². The summed E-state index contributed by atoms with van der Waals surface area (Å²) in [5.41, 5.74) is 16.6. The summed E-state index contributed by atoms with van der Waals surface area (Å²) >= 11 is 1.53. The third kappa shape index (κ3) is 3.40. The van der Waals surface area contributed by atoms with E-state index in [4.69, 9.17) is 17.2 Å². The maximum atomic E-state index is 5.41. The maximum absolute atomic E-state index is 5.41.